The van der Waals surface area contributed by atoms with Gasteiger partial charge in [-0.15, -0.1) is 24.0 Å². The van der Waals surface area contributed by atoms with Gasteiger partial charge in [-0.05, 0) is 38.2 Å². The molecule has 1 aliphatic heterocycles. The summed E-state index contributed by atoms with van der Waals surface area (Å²) in [5.41, 5.74) is 1.30. The molecule has 1 unspecified atom stereocenters. The van der Waals surface area contributed by atoms with Crippen molar-refractivity contribution in [3.8, 4) is 0 Å². The fraction of sp³-hybridized carbons (Fsp3) is 0.720. The summed E-state index contributed by atoms with van der Waals surface area (Å²) in [5.74, 6) is 0.837. The van der Waals surface area contributed by atoms with Crippen molar-refractivity contribution in [3.63, 3.8) is 0 Å². The van der Waals surface area contributed by atoms with Crippen molar-refractivity contribution >= 4 is 29.9 Å². The van der Waals surface area contributed by atoms with Gasteiger partial charge >= 0.3 is 0 Å². The van der Waals surface area contributed by atoms with Gasteiger partial charge in [0, 0.05) is 44.9 Å². The normalized spacial score (nSPS) is 20.6. The Labute approximate surface area is 211 Å². The van der Waals surface area contributed by atoms with Crippen LogP contribution in [0.25, 0.3) is 0 Å². The zero-order chi connectivity index (χ0) is 21.8. The number of aliphatic imine (C=N–C) groups is 1. The highest BCUT2D eigenvalue weighted by Crippen LogP contribution is 2.25. The quantitative estimate of drug-likeness (QED) is 0.138. The first-order valence-corrected chi connectivity index (χ1v) is 12.2. The van der Waals surface area contributed by atoms with Crippen molar-refractivity contribution in [2.24, 2.45) is 4.99 Å². The van der Waals surface area contributed by atoms with Crippen LogP contribution >= 0.6 is 24.0 Å². The predicted octanol–water partition coefficient (Wildman–Crippen LogP) is 4.41. The number of nitrogens with zero attached hydrogens (tertiary/aromatic N) is 1. The molecule has 1 atom stereocenters. The average Bonchev–Trinajstić information content (AvgIpc) is 3.09. The van der Waals surface area contributed by atoms with E-state index in [1.165, 1.54) is 44.1 Å². The van der Waals surface area contributed by atoms with Crippen LogP contribution in [-0.2, 0) is 9.47 Å². The van der Waals surface area contributed by atoms with Crippen LogP contribution in [0.15, 0.2) is 35.3 Å². The van der Waals surface area contributed by atoms with E-state index in [9.17, 15) is 0 Å². The molecule has 1 aromatic carbocycles. The average molecular weight is 559 g/mol. The minimum atomic E-state index is -0.0119. The van der Waals surface area contributed by atoms with Crippen LogP contribution in [-0.4, -0.2) is 57.6 Å². The van der Waals surface area contributed by atoms with Crippen LogP contribution in [0.1, 0.15) is 69.9 Å². The first kappa shape index (κ1) is 27.3. The summed E-state index contributed by atoms with van der Waals surface area (Å²) in [6.07, 6.45) is 10.2. The molecular weight excluding hydrogens is 515 g/mol. The molecule has 182 valence electrons. The molecule has 1 aliphatic carbocycles. The fourth-order valence-corrected chi connectivity index (χ4v) is 4.70. The van der Waals surface area contributed by atoms with Crippen LogP contribution in [0.5, 0.6) is 0 Å². The second-order valence-electron chi connectivity index (χ2n) is 9.01. The van der Waals surface area contributed by atoms with Crippen molar-refractivity contribution in [2.45, 2.75) is 76.0 Å². The summed E-state index contributed by atoms with van der Waals surface area (Å²) >= 11 is 0. The molecule has 3 N–H and O–H groups in total. The lowest BCUT2D eigenvalue weighted by Gasteiger charge is -2.41. The number of nitrogens with one attached hydrogen (secondary N) is 3. The van der Waals surface area contributed by atoms with E-state index >= 15 is 0 Å². The van der Waals surface area contributed by atoms with E-state index in [0.29, 0.717) is 6.10 Å². The van der Waals surface area contributed by atoms with Crippen LogP contribution in [0.4, 0.5) is 0 Å². The molecular formula is C25H43IN4O2. The number of ether oxygens (including phenoxy) is 2. The van der Waals surface area contributed by atoms with Crippen LogP contribution in [0.2, 0.25) is 0 Å². The lowest BCUT2D eigenvalue weighted by atomic mass is 9.88. The highest BCUT2D eigenvalue weighted by molar-refractivity contribution is 14.0. The Hall–Kier alpha value is -0.900. The molecule has 0 spiro atoms. The Morgan fingerprint density at radius 2 is 1.78 bits per heavy atom. The standard InChI is InChI=1S/C25H42N4O2.HI/c1-21(22-10-6-5-7-11-22)29-25(14-17-30-18-15-25)20-28-24(26-2)27-16-19-31-23-12-8-3-4-9-13-23;/h5-7,10-11,21,23,29H,3-4,8-9,12-20H2,1-2H3,(H2,26,27,28);1H. The molecule has 0 bridgehead atoms. The van der Waals surface area contributed by atoms with Gasteiger partial charge < -0.3 is 25.4 Å². The second-order valence-corrected chi connectivity index (χ2v) is 9.01. The number of hydrogen-bond donors (Lipinski definition) is 3. The molecule has 1 aromatic rings. The second kappa shape index (κ2) is 15.1. The molecule has 2 fully saturated rings. The Bertz CT molecular complexity index is 645. The molecule has 3 rings (SSSR count). The third-order valence-corrected chi connectivity index (χ3v) is 6.64. The minimum Gasteiger partial charge on any atom is -0.381 e. The smallest absolute Gasteiger partial charge is 0.191 e. The van der Waals surface area contributed by atoms with E-state index in [-0.39, 0.29) is 35.6 Å². The third-order valence-electron chi connectivity index (χ3n) is 6.64. The van der Waals surface area contributed by atoms with Gasteiger partial charge in [0.05, 0.1) is 12.7 Å². The van der Waals surface area contributed by atoms with E-state index in [0.717, 1.165) is 51.7 Å². The maximum Gasteiger partial charge on any atom is 0.191 e. The van der Waals surface area contributed by atoms with E-state index in [1.54, 1.807) is 0 Å². The first-order chi connectivity index (χ1) is 15.2. The first-order valence-electron chi connectivity index (χ1n) is 12.2. The van der Waals surface area contributed by atoms with E-state index in [4.69, 9.17) is 9.47 Å². The lowest BCUT2D eigenvalue weighted by molar-refractivity contribution is 0.0353. The Morgan fingerprint density at radius 1 is 1.09 bits per heavy atom. The van der Waals surface area contributed by atoms with Gasteiger partial charge in [-0.2, -0.15) is 0 Å². The SMILES string of the molecule is CN=C(NCCOC1CCCCCC1)NCC1(NC(C)c2ccccc2)CCOCC1.I. The molecule has 7 heteroatoms. The van der Waals surface area contributed by atoms with Crippen LogP contribution in [0.3, 0.4) is 0 Å². The van der Waals surface area contributed by atoms with E-state index in [2.05, 4.69) is 58.2 Å². The minimum absolute atomic E-state index is 0. The molecule has 1 saturated carbocycles. The Kier molecular flexibility index (Phi) is 12.9. The summed E-state index contributed by atoms with van der Waals surface area (Å²) < 4.78 is 11.8. The summed E-state index contributed by atoms with van der Waals surface area (Å²) in [5, 5.41) is 10.9. The number of benzene rings is 1. The zero-order valence-electron chi connectivity index (χ0n) is 19.9. The highest BCUT2D eigenvalue weighted by Gasteiger charge is 2.34. The molecule has 0 amide bonds. The summed E-state index contributed by atoms with van der Waals surface area (Å²) in [4.78, 5) is 4.42. The summed E-state index contributed by atoms with van der Waals surface area (Å²) in [6, 6.07) is 10.9. The molecule has 2 aliphatic rings. The molecule has 0 aromatic heterocycles. The third kappa shape index (κ3) is 9.15. The summed E-state index contributed by atoms with van der Waals surface area (Å²) in [6.45, 7) is 6.14. The van der Waals surface area contributed by atoms with Gasteiger partial charge in [0.2, 0.25) is 0 Å². The Balaban J connectivity index is 0.00000363. The van der Waals surface area contributed by atoms with Gasteiger partial charge in [-0.1, -0.05) is 56.0 Å². The monoisotopic (exact) mass is 558 g/mol. The van der Waals surface area contributed by atoms with Gasteiger partial charge in [0.15, 0.2) is 5.96 Å². The molecule has 32 heavy (non-hydrogen) atoms. The van der Waals surface area contributed by atoms with Crippen molar-refractivity contribution in [1.82, 2.24) is 16.0 Å². The van der Waals surface area contributed by atoms with Crippen LogP contribution < -0.4 is 16.0 Å². The molecule has 1 heterocycles. The van der Waals surface area contributed by atoms with Gasteiger partial charge in [-0.25, -0.2) is 0 Å². The van der Waals surface area contributed by atoms with Crippen molar-refractivity contribution in [3.05, 3.63) is 35.9 Å². The highest BCUT2D eigenvalue weighted by atomic mass is 127. The van der Waals surface area contributed by atoms with Gasteiger partial charge in [-0.3, -0.25) is 4.99 Å². The van der Waals surface area contributed by atoms with Crippen molar-refractivity contribution in [1.29, 1.82) is 0 Å². The van der Waals surface area contributed by atoms with Crippen LogP contribution in [0, 0.1) is 0 Å². The number of hydrogen-bond acceptors (Lipinski definition) is 4. The van der Waals surface area contributed by atoms with Crippen molar-refractivity contribution in [2.75, 3.05) is 40.0 Å². The van der Waals surface area contributed by atoms with E-state index < -0.39 is 0 Å². The van der Waals surface area contributed by atoms with Gasteiger partial charge in [0.25, 0.3) is 0 Å². The number of halogens is 1. The number of guanidine groups is 1. The topological polar surface area (TPSA) is 66.9 Å². The largest absolute Gasteiger partial charge is 0.381 e. The fourth-order valence-electron chi connectivity index (χ4n) is 4.70. The molecule has 6 nitrogen and oxygen atoms in total. The predicted molar refractivity (Wildman–Crippen MR) is 143 cm³/mol. The van der Waals surface area contributed by atoms with E-state index in [1.807, 2.05) is 7.05 Å². The van der Waals surface area contributed by atoms with Gasteiger partial charge in [0.1, 0.15) is 0 Å². The maximum atomic E-state index is 6.10. The van der Waals surface area contributed by atoms with Crippen molar-refractivity contribution < 1.29 is 9.47 Å². The zero-order valence-corrected chi connectivity index (χ0v) is 22.2. The Morgan fingerprint density at radius 3 is 2.44 bits per heavy atom. The molecule has 1 saturated heterocycles. The summed E-state index contributed by atoms with van der Waals surface area (Å²) in [7, 11) is 1.83. The lowest BCUT2D eigenvalue weighted by Crippen LogP contribution is -2.58. The number of rotatable bonds is 9. The molecule has 0 radical (unpaired) electrons. The maximum absolute atomic E-state index is 6.10.